The molecular formula is C21H19F3N6O. The minimum atomic E-state index is -4.45. The monoisotopic (exact) mass is 428 g/mol. The van der Waals surface area contributed by atoms with Crippen LogP contribution in [-0.4, -0.2) is 37.2 Å². The van der Waals surface area contributed by atoms with E-state index in [1.807, 2.05) is 11.3 Å². The topological polar surface area (TPSA) is 89.4 Å². The predicted octanol–water partition coefficient (Wildman–Crippen LogP) is 3.77. The van der Waals surface area contributed by atoms with Gasteiger partial charge in [0.1, 0.15) is 17.2 Å². The SMILES string of the molecule is Cc1cc2nc(N)c3cnc(C)n3c2cc1C(=O)N(C)Cc1ccc(C(F)(F)F)cn1. The molecule has 0 aliphatic rings. The summed E-state index contributed by atoms with van der Waals surface area (Å²) in [7, 11) is 1.57. The molecule has 0 unspecified atom stereocenters. The van der Waals surface area contributed by atoms with Gasteiger partial charge in [-0.3, -0.25) is 14.2 Å². The maximum Gasteiger partial charge on any atom is 0.417 e. The van der Waals surface area contributed by atoms with Crippen molar-refractivity contribution < 1.29 is 18.0 Å². The van der Waals surface area contributed by atoms with Crippen molar-refractivity contribution in [1.29, 1.82) is 0 Å². The molecule has 0 aliphatic carbocycles. The molecule has 0 saturated carbocycles. The molecule has 0 radical (unpaired) electrons. The maximum absolute atomic E-state index is 13.1. The molecule has 0 atom stereocenters. The van der Waals surface area contributed by atoms with E-state index in [1.54, 1.807) is 32.3 Å². The number of pyridine rings is 1. The second-order valence-corrected chi connectivity index (χ2v) is 7.38. The highest BCUT2D eigenvalue weighted by Crippen LogP contribution is 2.29. The predicted molar refractivity (Wildman–Crippen MR) is 109 cm³/mol. The number of alkyl halides is 3. The van der Waals surface area contributed by atoms with Crippen molar-refractivity contribution in [2.75, 3.05) is 12.8 Å². The molecule has 7 nitrogen and oxygen atoms in total. The summed E-state index contributed by atoms with van der Waals surface area (Å²) in [4.78, 5) is 27.0. The lowest BCUT2D eigenvalue weighted by Gasteiger charge is -2.19. The minimum Gasteiger partial charge on any atom is -0.382 e. The lowest BCUT2D eigenvalue weighted by Crippen LogP contribution is -2.27. The summed E-state index contributed by atoms with van der Waals surface area (Å²) in [5.41, 5.74) is 8.67. The first-order valence-electron chi connectivity index (χ1n) is 9.37. The largest absolute Gasteiger partial charge is 0.417 e. The Kier molecular flexibility index (Phi) is 4.79. The van der Waals surface area contributed by atoms with Crippen molar-refractivity contribution in [3.05, 3.63) is 64.9 Å². The van der Waals surface area contributed by atoms with Crippen LogP contribution in [0.25, 0.3) is 16.6 Å². The van der Waals surface area contributed by atoms with E-state index in [1.165, 1.54) is 11.0 Å². The molecule has 1 amide bonds. The number of hydrogen-bond donors (Lipinski definition) is 1. The second-order valence-electron chi connectivity index (χ2n) is 7.38. The second kappa shape index (κ2) is 7.22. The van der Waals surface area contributed by atoms with Gasteiger partial charge in [-0.15, -0.1) is 0 Å². The lowest BCUT2D eigenvalue weighted by molar-refractivity contribution is -0.137. The van der Waals surface area contributed by atoms with E-state index in [9.17, 15) is 18.0 Å². The zero-order valence-corrected chi connectivity index (χ0v) is 17.0. The molecule has 0 bridgehead atoms. The summed E-state index contributed by atoms with van der Waals surface area (Å²) in [5, 5.41) is 0. The number of nitrogens with zero attached hydrogens (tertiary/aromatic N) is 5. The molecule has 1 aromatic carbocycles. The normalized spacial score (nSPS) is 11.9. The van der Waals surface area contributed by atoms with Crippen molar-refractivity contribution in [3.63, 3.8) is 0 Å². The van der Waals surface area contributed by atoms with Gasteiger partial charge in [0.2, 0.25) is 0 Å². The van der Waals surface area contributed by atoms with Crippen molar-refractivity contribution in [2.45, 2.75) is 26.6 Å². The van der Waals surface area contributed by atoms with Crippen LogP contribution >= 0.6 is 0 Å². The molecule has 0 fully saturated rings. The third-order valence-electron chi connectivity index (χ3n) is 5.13. The summed E-state index contributed by atoms with van der Waals surface area (Å²) in [6, 6.07) is 5.74. The van der Waals surface area contributed by atoms with E-state index in [0.717, 1.165) is 12.3 Å². The molecule has 0 spiro atoms. The summed E-state index contributed by atoms with van der Waals surface area (Å²) in [6.07, 6.45) is -2.06. The first-order chi connectivity index (χ1) is 14.6. The van der Waals surface area contributed by atoms with Crippen LogP contribution in [0.3, 0.4) is 0 Å². The Balaban J connectivity index is 1.68. The third-order valence-corrected chi connectivity index (χ3v) is 5.13. The van der Waals surface area contributed by atoms with Crippen LogP contribution in [0.4, 0.5) is 19.0 Å². The molecule has 0 aliphatic heterocycles. The van der Waals surface area contributed by atoms with E-state index >= 15 is 0 Å². The van der Waals surface area contributed by atoms with Crippen LogP contribution < -0.4 is 5.73 Å². The Morgan fingerprint density at radius 2 is 1.87 bits per heavy atom. The van der Waals surface area contributed by atoms with Gasteiger partial charge >= 0.3 is 6.18 Å². The Labute approximate surface area is 175 Å². The van der Waals surface area contributed by atoms with Crippen molar-refractivity contribution in [1.82, 2.24) is 24.3 Å². The summed E-state index contributed by atoms with van der Waals surface area (Å²) < 4.78 is 40.0. The number of imidazole rings is 1. The third kappa shape index (κ3) is 3.65. The van der Waals surface area contributed by atoms with Gasteiger partial charge in [0, 0.05) is 18.8 Å². The fourth-order valence-corrected chi connectivity index (χ4v) is 3.50. The van der Waals surface area contributed by atoms with E-state index < -0.39 is 11.7 Å². The summed E-state index contributed by atoms with van der Waals surface area (Å²) in [5.74, 6) is 0.763. The van der Waals surface area contributed by atoms with Crippen LogP contribution in [0.5, 0.6) is 0 Å². The van der Waals surface area contributed by atoms with Gasteiger partial charge in [0.15, 0.2) is 0 Å². The molecule has 31 heavy (non-hydrogen) atoms. The number of aryl methyl sites for hydroxylation is 2. The van der Waals surface area contributed by atoms with Gasteiger partial charge in [0.05, 0.1) is 35.0 Å². The van der Waals surface area contributed by atoms with E-state index in [-0.39, 0.29) is 12.5 Å². The number of amides is 1. The first-order valence-corrected chi connectivity index (χ1v) is 9.37. The highest BCUT2D eigenvalue weighted by Gasteiger charge is 2.30. The number of rotatable bonds is 3. The Morgan fingerprint density at radius 1 is 1.13 bits per heavy atom. The minimum absolute atomic E-state index is 0.0634. The number of halogens is 3. The smallest absolute Gasteiger partial charge is 0.382 e. The van der Waals surface area contributed by atoms with Crippen LogP contribution in [0.15, 0.2) is 36.7 Å². The molecule has 4 aromatic rings. The molecule has 4 rings (SSSR count). The molecule has 160 valence electrons. The van der Waals surface area contributed by atoms with Gasteiger partial charge in [-0.25, -0.2) is 9.97 Å². The van der Waals surface area contributed by atoms with E-state index in [4.69, 9.17) is 5.73 Å². The van der Waals surface area contributed by atoms with Crippen LogP contribution in [0.2, 0.25) is 0 Å². The highest BCUT2D eigenvalue weighted by molar-refractivity contribution is 5.99. The average molecular weight is 428 g/mol. The van der Waals surface area contributed by atoms with Gasteiger partial charge in [-0.2, -0.15) is 13.2 Å². The number of carbonyl (C=O) groups excluding carboxylic acids is 1. The zero-order chi connectivity index (χ0) is 22.5. The summed E-state index contributed by atoms with van der Waals surface area (Å²) in [6.45, 7) is 3.68. The van der Waals surface area contributed by atoms with E-state index in [0.29, 0.717) is 45.0 Å². The quantitative estimate of drug-likeness (QED) is 0.537. The Hall–Kier alpha value is -3.69. The number of fused-ring (bicyclic) bond motifs is 3. The fraction of sp³-hybridized carbons (Fsp3) is 0.238. The van der Waals surface area contributed by atoms with Crippen LogP contribution in [0, 0.1) is 13.8 Å². The van der Waals surface area contributed by atoms with Gasteiger partial charge in [-0.1, -0.05) is 0 Å². The average Bonchev–Trinajstić information content (AvgIpc) is 3.09. The molecule has 2 N–H and O–H groups in total. The van der Waals surface area contributed by atoms with Crippen molar-refractivity contribution in [3.8, 4) is 0 Å². The standard InChI is InChI=1S/C21H19F3N6O/c1-11-6-16-17(30-12(2)26-9-18(30)19(25)28-16)7-15(11)20(31)29(3)10-14-5-4-13(8-27-14)21(22,23)24/h4-9H,10H2,1-3H3,(H2,25,28). The molecule has 0 saturated heterocycles. The van der Waals surface area contributed by atoms with Gasteiger partial charge < -0.3 is 10.6 Å². The fourth-order valence-electron chi connectivity index (χ4n) is 3.50. The number of nitrogens with two attached hydrogens (primary N) is 1. The van der Waals surface area contributed by atoms with Crippen molar-refractivity contribution >= 4 is 28.3 Å². The molecule has 3 aromatic heterocycles. The van der Waals surface area contributed by atoms with Crippen LogP contribution in [-0.2, 0) is 12.7 Å². The number of nitrogen functional groups attached to an aromatic ring is 1. The lowest BCUT2D eigenvalue weighted by atomic mass is 10.1. The Bertz CT molecular complexity index is 1310. The van der Waals surface area contributed by atoms with Gasteiger partial charge in [-0.05, 0) is 43.7 Å². The number of aromatic nitrogens is 4. The highest BCUT2D eigenvalue weighted by atomic mass is 19.4. The molecule has 3 heterocycles. The maximum atomic E-state index is 13.1. The van der Waals surface area contributed by atoms with E-state index in [2.05, 4.69) is 15.0 Å². The first kappa shape index (κ1) is 20.6. The zero-order valence-electron chi connectivity index (χ0n) is 17.0. The van der Waals surface area contributed by atoms with Crippen LogP contribution in [0.1, 0.15) is 33.0 Å². The number of carbonyl (C=O) groups is 1. The summed E-state index contributed by atoms with van der Waals surface area (Å²) >= 11 is 0. The number of hydrogen-bond acceptors (Lipinski definition) is 5. The molecule has 10 heteroatoms. The van der Waals surface area contributed by atoms with Crippen molar-refractivity contribution in [2.24, 2.45) is 0 Å². The Morgan fingerprint density at radius 3 is 2.52 bits per heavy atom. The number of benzene rings is 1. The van der Waals surface area contributed by atoms with Gasteiger partial charge in [0.25, 0.3) is 5.91 Å². The molecular weight excluding hydrogens is 409 g/mol. The number of anilines is 1.